The number of nitrogens with one attached hydrogen (secondary N) is 1. The van der Waals surface area contributed by atoms with Gasteiger partial charge in [0.15, 0.2) is 0 Å². The number of fused-ring (bicyclic) bond motifs is 3. The first kappa shape index (κ1) is 20.4. The van der Waals surface area contributed by atoms with Crippen molar-refractivity contribution in [2.75, 3.05) is 5.32 Å². The van der Waals surface area contributed by atoms with Crippen LogP contribution in [-0.2, 0) is 17.9 Å². The van der Waals surface area contributed by atoms with Crippen LogP contribution in [0.4, 0.5) is 5.69 Å². The molecule has 8 nitrogen and oxygen atoms in total. The van der Waals surface area contributed by atoms with Gasteiger partial charge in [-0.3, -0.25) is 14.2 Å². The van der Waals surface area contributed by atoms with E-state index in [4.69, 9.17) is 11.6 Å². The molecule has 4 aromatic rings. The molecular formula is C20H20ClN5O3S. The largest absolute Gasteiger partial charge is 0.352 e. The molecule has 0 bridgehead atoms. The van der Waals surface area contributed by atoms with Crippen molar-refractivity contribution in [2.24, 2.45) is 5.92 Å². The maximum absolute atomic E-state index is 13.1. The minimum Gasteiger partial charge on any atom is -0.324 e. The molecule has 4 rings (SSSR count). The molecule has 0 aliphatic rings. The molecule has 30 heavy (non-hydrogen) atoms. The Morgan fingerprint density at radius 3 is 2.77 bits per heavy atom. The summed E-state index contributed by atoms with van der Waals surface area (Å²) in [4.78, 5) is 38.5. The highest BCUT2D eigenvalue weighted by Gasteiger charge is 2.20. The second-order valence-electron chi connectivity index (χ2n) is 7.53. The Morgan fingerprint density at radius 2 is 2.03 bits per heavy atom. The summed E-state index contributed by atoms with van der Waals surface area (Å²) in [5.74, 6) is -0.000190. The van der Waals surface area contributed by atoms with Gasteiger partial charge in [0, 0.05) is 17.3 Å². The molecule has 1 N–H and O–H groups in total. The van der Waals surface area contributed by atoms with E-state index in [1.54, 1.807) is 29.6 Å². The van der Waals surface area contributed by atoms with Gasteiger partial charge in [0.05, 0.1) is 5.52 Å². The lowest BCUT2D eigenvalue weighted by molar-refractivity contribution is -0.117. The van der Waals surface area contributed by atoms with Crippen molar-refractivity contribution >= 4 is 50.5 Å². The molecule has 3 aromatic heterocycles. The van der Waals surface area contributed by atoms with Crippen LogP contribution in [0.1, 0.15) is 19.4 Å². The molecule has 0 saturated heterocycles. The van der Waals surface area contributed by atoms with Gasteiger partial charge in [-0.05, 0) is 42.0 Å². The topological polar surface area (TPSA) is 90.4 Å². The number of hydrogen-bond acceptors (Lipinski definition) is 5. The Balaban J connectivity index is 1.78. The number of thiophene rings is 1. The number of carbonyl (C=O) groups is 1. The Kier molecular flexibility index (Phi) is 5.25. The third-order valence-electron chi connectivity index (χ3n) is 4.70. The monoisotopic (exact) mass is 445 g/mol. The lowest BCUT2D eigenvalue weighted by Gasteiger charge is -2.09. The summed E-state index contributed by atoms with van der Waals surface area (Å²) in [5.41, 5.74) is 1.27. The van der Waals surface area contributed by atoms with Gasteiger partial charge in [-0.1, -0.05) is 31.5 Å². The zero-order chi connectivity index (χ0) is 21.6. The summed E-state index contributed by atoms with van der Waals surface area (Å²) >= 11 is 7.29. The summed E-state index contributed by atoms with van der Waals surface area (Å²) in [6.45, 7) is 5.95. The third kappa shape index (κ3) is 3.54. The molecule has 0 aliphatic heterocycles. The highest BCUT2D eigenvalue weighted by atomic mass is 35.5. The van der Waals surface area contributed by atoms with Crippen LogP contribution in [0.2, 0.25) is 5.02 Å². The van der Waals surface area contributed by atoms with Crippen LogP contribution >= 0.6 is 22.9 Å². The molecule has 0 fully saturated rings. The second kappa shape index (κ2) is 7.73. The van der Waals surface area contributed by atoms with Crippen molar-refractivity contribution in [3.8, 4) is 0 Å². The van der Waals surface area contributed by atoms with Gasteiger partial charge in [0.2, 0.25) is 11.7 Å². The van der Waals surface area contributed by atoms with Crippen LogP contribution in [0.25, 0.3) is 16.0 Å². The standard InChI is InChI=1S/C20H20ClN5O3S/c1-11(2)9-24-18(28)17-15(6-7-30-17)26-19(24)23-25(20(26)29)10-16(27)22-14-8-13(21)5-4-12(14)3/h4-8,11H,9-10H2,1-3H3,(H,22,27). The summed E-state index contributed by atoms with van der Waals surface area (Å²) in [7, 11) is 0. The minimum absolute atomic E-state index is 0.179. The van der Waals surface area contributed by atoms with E-state index < -0.39 is 11.6 Å². The Hall–Kier alpha value is -2.91. The summed E-state index contributed by atoms with van der Waals surface area (Å²) in [6, 6.07) is 6.90. The van der Waals surface area contributed by atoms with Crippen molar-refractivity contribution in [2.45, 2.75) is 33.9 Å². The lowest BCUT2D eigenvalue weighted by Crippen LogP contribution is -2.29. The number of halogens is 1. The van der Waals surface area contributed by atoms with E-state index in [2.05, 4.69) is 10.4 Å². The maximum atomic E-state index is 13.1. The summed E-state index contributed by atoms with van der Waals surface area (Å²) < 4.78 is 4.47. The Labute approximate surface area is 180 Å². The number of aryl methyl sites for hydroxylation is 1. The molecule has 0 saturated carbocycles. The molecule has 156 valence electrons. The van der Waals surface area contributed by atoms with Crippen molar-refractivity contribution < 1.29 is 4.79 Å². The van der Waals surface area contributed by atoms with Crippen LogP contribution in [0, 0.1) is 12.8 Å². The van der Waals surface area contributed by atoms with E-state index in [9.17, 15) is 14.4 Å². The highest BCUT2D eigenvalue weighted by molar-refractivity contribution is 7.17. The van der Waals surface area contributed by atoms with Crippen LogP contribution in [-0.4, -0.2) is 24.7 Å². The molecule has 0 atom stereocenters. The number of benzene rings is 1. The predicted octanol–water partition coefficient (Wildman–Crippen LogP) is 3.13. The molecule has 1 amide bonds. The fourth-order valence-electron chi connectivity index (χ4n) is 3.32. The van der Waals surface area contributed by atoms with Crippen LogP contribution in [0.5, 0.6) is 0 Å². The summed E-state index contributed by atoms with van der Waals surface area (Å²) in [6.07, 6.45) is 0. The zero-order valence-corrected chi connectivity index (χ0v) is 18.3. The molecule has 0 spiro atoms. The average Bonchev–Trinajstić information content (AvgIpc) is 3.27. The zero-order valence-electron chi connectivity index (χ0n) is 16.7. The molecule has 0 radical (unpaired) electrons. The second-order valence-corrected chi connectivity index (χ2v) is 8.88. The van der Waals surface area contributed by atoms with Gasteiger partial charge in [-0.25, -0.2) is 13.9 Å². The highest BCUT2D eigenvalue weighted by Crippen LogP contribution is 2.20. The number of amides is 1. The Bertz CT molecular complexity index is 1400. The van der Waals surface area contributed by atoms with Crippen LogP contribution in [0.15, 0.2) is 39.2 Å². The first-order valence-electron chi connectivity index (χ1n) is 9.42. The van der Waals surface area contributed by atoms with Gasteiger partial charge >= 0.3 is 5.69 Å². The van der Waals surface area contributed by atoms with Gasteiger partial charge < -0.3 is 5.32 Å². The maximum Gasteiger partial charge on any atom is 0.352 e. The smallest absolute Gasteiger partial charge is 0.324 e. The van der Waals surface area contributed by atoms with Crippen molar-refractivity contribution in [1.29, 1.82) is 0 Å². The molecular weight excluding hydrogens is 426 g/mol. The number of aromatic nitrogens is 4. The molecule has 10 heteroatoms. The number of nitrogens with zero attached hydrogens (tertiary/aromatic N) is 4. The summed E-state index contributed by atoms with van der Waals surface area (Å²) in [5, 5.41) is 9.35. The number of anilines is 1. The number of hydrogen-bond donors (Lipinski definition) is 1. The third-order valence-corrected chi connectivity index (χ3v) is 5.83. The first-order valence-corrected chi connectivity index (χ1v) is 10.7. The van der Waals surface area contributed by atoms with E-state index in [1.165, 1.54) is 20.3 Å². The SMILES string of the molecule is Cc1ccc(Cl)cc1NC(=O)Cn1nc2n(CC(C)C)c(=O)c3sccc3n2c1=O. The average molecular weight is 446 g/mol. The fraction of sp³-hybridized carbons (Fsp3) is 0.300. The predicted molar refractivity (Wildman–Crippen MR) is 119 cm³/mol. The molecule has 1 aromatic carbocycles. The van der Waals surface area contributed by atoms with E-state index in [0.29, 0.717) is 27.5 Å². The molecule has 0 aliphatic carbocycles. The van der Waals surface area contributed by atoms with Crippen molar-refractivity contribution in [1.82, 2.24) is 18.7 Å². The van der Waals surface area contributed by atoms with E-state index in [-0.39, 0.29) is 23.8 Å². The Morgan fingerprint density at radius 1 is 1.27 bits per heavy atom. The molecule has 0 unspecified atom stereocenters. The van der Waals surface area contributed by atoms with Crippen LogP contribution < -0.4 is 16.6 Å². The van der Waals surface area contributed by atoms with E-state index in [1.807, 2.05) is 20.8 Å². The lowest BCUT2D eigenvalue weighted by atomic mass is 10.2. The number of rotatable bonds is 5. The van der Waals surface area contributed by atoms with Crippen molar-refractivity contribution in [3.05, 3.63) is 61.1 Å². The minimum atomic E-state index is -0.469. The quantitative estimate of drug-likeness (QED) is 0.511. The van der Waals surface area contributed by atoms with Gasteiger partial charge in [0.25, 0.3) is 5.56 Å². The van der Waals surface area contributed by atoms with E-state index >= 15 is 0 Å². The van der Waals surface area contributed by atoms with Gasteiger partial charge in [0.1, 0.15) is 11.2 Å². The van der Waals surface area contributed by atoms with E-state index in [0.717, 1.165) is 10.2 Å². The molecule has 3 heterocycles. The fourth-order valence-corrected chi connectivity index (χ4v) is 4.32. The first-order chi connectivity index (χ1) is 14.3. The normalized spacial score (nSPS) is 11.6. The van der Waals surface area contributed by atoms with Crippen molar-refractivity contribution in [3.63, 3.8) is 0 Å². The van der Waals surface area contributed by atoms with Gasteiger partial charge in [-0.2, -0.15) is 0 Å². The van der Waals surface area contributed by atoms with Crippen LogP contribution in [0.3, 0.4) is 0 Å². The van der Waals surface area contributed by atoms with Gasteiger partial charge in [-0.15, -0.1) is 16.4 Å². The number of carbonyl (C=O) groups excluding carboxylic acids is 1.